The summed E-state index contributed by atoms with van der Waals surface area (Å²) in [4.78, 5) is 11.5. The average Bonchev–Trinajstić information content (AvgIpc) is 2.28. The summed E-state index contributed by atoms with van der Waals surface area (Å²) in [6.07, 6.45) is 5.92. The first-order valence-electron chi connectivity index (χ1n) is 5.39. The first-order valence-corrected chi connectivity index (χ1v) is 6.84. The molecule has 0 bridgehead atoms. The van der Waals surface area contributed by atoms with E-state index in [0.29, 0.717) is 21.1 Å². The molecule has 0 atom stereocenters. The lowest BCUT2D eigenvalue weighted by molar-refractivity contribution is -0.137. The molecular formula is C11H16ClIO2. The monoisotopic (exact) mass is 342 g/mol. The average molecular weight is 343 g/mol. The number of carbonyl (C=O) groups is 1. The number of rotatable bonds is 3. The molecule has 0 N–H and O–H groups in total. The largest absolute Gasteiger partial charge is 0.462 e. The van der Waals surface area contributed by atoms with Gasteiger partial charge in [0.05, 0.1) is 6.61 Å². The molecule has 1 fully saturated rings. The molecule has 0 heterocycles. The summed E-state index contributed by atoms with van der Waals surface area (Å²) in [6, 6.07) is 0. The smallest absolute Gasteiger partial charge is 0.345 e. The van der Waals surface area contributed by atoms with Crippen LogP contribution in [0.4, 0.5) is 0 Å². The molecule has 15 heavy (non-hydrogen) atoms. The molecule has 1 aliphatic carbocycles. The molecule has 4 heteroatoms. The van der Waals surface area contributed by atoms with Crippen LogP contribution in [0.1, 0.15) is 39.0 Å². The topological polar surface area (TPSA) is 26.3 Å². The third-order valence-electron chi connectivity index (χ3n) is 2.63. The van der Waals surface area contributed by atoms with Crippen LogP contribution in [0, 0.1) is 5.92 Å². The number of hydrogen-bond donors (Lipinski definition) is 0. The van der Waals surface area contributed by atoms with Gasteiger partial charge in [-0.2, -0.15) is 0 Å². The van der Waals surface area contributed by atoms with Gasteiger partial charge in [0.2, 0.25) is 0 Å². The van der Waals surface area contributed by atoms with Crippen LogP contribution in [0.25, 0.3) is 0 Å². The molecule has 0 aromatic carbocycles. The van der Waals surface area contributed by atoms with E-state index in [1.807, 2.05) is 22.6 Å². The molecule has 0 aliphatic heterocycles. The highest BCUT2D eigenvalue weighted by Gasteiger charge is 2.22. The minimum absolute atomic E-state index is 0.284. The summed E-state index contributed by atoms with van der Waals surface area (Å²) in [5.74, 6) is 0.0883. The molecule has 0 amide bonds. The van der Waals surface area contributed by atoms with E-state index in [-0.39, 0.29) is 5.97 Å². The Kier molecular flexibility index (Phi) is 5.97. The Hall–Kier alpha value is 0.230. The van der Waals surface area contributed by atoms with Crippen LogP contribution in [0.2, 0.25) is 0 Å². The van der Waals surface area contributed by atoms with Crippen molar-refractivity contribution >= 4 is 40.2 Å². The van der Waals surface area contributed by atoms with Crippen molar-refractivity contribution in [3.8, 4) is 0 Å². The Morgan fingerprint density at radius 3 is 2.53 bits per heavy atom. The summed E-state index contributed by atoms with van der Waals surface area (Å²) < 4.78 is 5.49. The lowest BCUT2D eigenvalue weighted by Gasteiger charge is -2.21. The van der Waals surface area contributed by atoms with Crippen LogP contribution in [0.5, 0.6) is 0 Å². The third kappa shape index (κ3) is 3.94. The Labute approximate surface area is 110 Å². The van der Waals surface area contributed by atoms with E-state index in [1.54, 1.807) is 6.92 Å². The van der Waals surface area contributed by atoms with E-state index in [2.05, 4.69) is 0 Å². The molecule has 0 radical (unpaired) electrons. The van der Waals surface area contributed by atoms with E-state index in [4.69, 9.17) is 16.3 Å². The van der Waals surface area contributed by atoms with E-state index in [1.165, 1.54) is 19.3 Å². The molecule has 1 saturated carbocycles. The molecule has 0 saturated heterocycles. The summed E-state index contributed by atoms with van der Waals surface area (Å²) in [6.45, 7) is 2.20. The van der Waals surface area contributed by atoms with Crippen molar-refractivity contribution in [3.63, 3.8) is 0 Å². The molecule has 2 nitrogen and oxygen atoms in total. The van der Waals surface area contributed by atoms with Crippen LogP contribution in [-0.4, -0.2) is 12.6 Å². The second-order valence-electron chi connectivity index (χ2n) is 3.72. The van der Waals surface area contributed by atoms with Gasteiger partial charge in [-0.05, 0) is 48.3 Å². The van der Waals surface area contributed by atoms with Crippen molar-refractivity contribution in [1.29, 1.82) is 0 Å². The molecule has 1 rings (SSSR count). The van der Waals surface area contributed by atoms with Crippen LogP contribution >= 0.6 is 34.2 Å². The number of hydrogen-bond acceptors (Lipinski definition) is 2. The maximum absolute atomic E-state index is 11.5. The molecule has 0 spiro atoms. The minimum atomic E-state index is -0.284. The lowest BCUT2D eigenvalue weighted by Crippen LogP contribution is -2.11. The zero-order valence-corrected chi connectivity index (χ0v) is 11.8. The summed E-state index contributed by atoms with van der Waals surface area (Å²) in [5, 5.41) is 0.703. The third-order valence-corrected chi connectivity index (χ3v) is 4.47. The molecule has 0 aromatic heterocycles. The number of ether oxygens (including phenoxy) is 1. The predicted octanol–water partition coefficient (Wildman–Crippen LogP) is 4.02. The lowest BCUT2D eigenvalue weighted by atomic mass is 9.89. The SMILES string of the molecule is CCOC(=O)/C(I)=C(/Cl)C1CCCCC1. The Balaban J connectivity index is 2.65. The summed E-state index contributed by atoms with van der Waals surface area (Å²) in [5.41, 5.74) is 0. The van der Waals surface area contributed by atoms with E-state index in [0.717, 1.165) is 12.8 Å². The van der Waals surface area contributed by atoms with Crippen molar-refractivity contribution in [2.75, 3.05) is 6.61 Å². The van der Waals surface area contributed by atoms with Gasteiger partial charge in [-0.25, -0.2) is 4.79 Å². The zero-order chi connectivity index (χ0) is 11.3. The Morgan fingerprint density at radius 1 is 1.40 bits per heavy atom. The fraction of sp³-hybridized carbons (Fsp3) is 0.727. The van der Waals surface area contributed by atoms with Crippen LogP contribution in [-0.2, 0) is 9.53 Å². The summed E-state index contributed by atoms with van der Waals surface area (Å²) >= 11 is 8.20. The molecule has 0 unspecified atom stereocenters. The fourth-order valence-corrected chi connectivity index (χ4v) is 2.72. The van der Waals surface area contributed by atoms with Crippen LogP contribution < -0.4 is 0 Å². The van der Waals surface area contributed by atoms with Gasteiger partial charge >= 0.3 is 5.97 Å². The van der Waals surface area contributed by atoms with Crippen molar-refractivity contribution in [2.24, 2.45) is 5.92 Å². The van der Waals surface area contributed by atoms with E-state index >= 15 is 0 Å². The molecule has 1 aliphatic rings. The zero-order valence-electron chi connectivity index (χ0n) is 8.89. The first kappa shape index (κ1) is 13.3. The van der Waals surface area contributed by atoms with Gasteiger partial charge in [-0.1, -0.05) is 30.9 Å². The Bertz CT molecular complexity index is 257. The van der Waals surface area contributed by atoms with E-state index in [9.17, 15) is 4.79 Å². The van der Waals surface area contributed by atoms with Gasteiger partial charge in [-0.15, -0.1) is 0 Å². The number of esters is 1. The second kappa shape index (κ2) is 6.74. The van der Waals surface area contributed by atoms with Gasteiger partial charge in [-0.3, -0.25) is 0 Å². The van der Waals surface area contributed by atoms with Crippen LogP contribution in [0.15, 0.2) is 8.61 Å². The summed E-state index contributed by atoms with van der Waals surface area (Å²) in [7, 11) is 0. The normalized spacial score (nSPS) is 19.7. The quantitative estimate of drug-likeness (QED) is 0.440. The molecular weight excluding hydrogens is 326 g/mol. The van der Waals surface area contributed by atoms with Gasteiger partial charge in [0.1, 0.15) is 3.58 Å². The molecule has 86 valence electrons. The highest BCUT2D eigenvalue weighted by atomic mass is 127. The van der Waals surface area contributed by atoms with Gasteiger partial charge in [0.15, 0.2) is 0 Å². The highest BCUT2D eigenvalue weighted by molar-refractivity contribution is 14.1. The van der Waals surface area contributed by atoms with Gasteiger partial charge < -0.3 is 4.74 Å². The Morgan fingerprint density at radius 2 is 2.00 bits per heavy atom. The second-order valence-corrected chi connectivity index (χ2v) is 5.20. The van der Waals surface area contributed by atoms with Crippen LogP contribution in [0.3, 0.4) is 0 Å². The molecule has 0 aromatic rings. The van der Waals surface area contributed by atoms with Gasteiger partial charge in [0, 0.05) is 5.03 Å². The fourth-order valence-electron chi connectivity index (χ4n) is 1.83. The predicted molar refractivity (Wildman–Crippen MR) is 70.1 cm³/mol. The maximum atomic E-state index is 11.5. The van der Waals surface area contributed by atoms with E-state index < -0.39 is 0 Å². The highest BCUT2D eigenvalue weighted by Crippen LogP contribution is 2.35. The minimum Gasteiger partial charge on any atom is -0.462 e. The van der Waals surface area contributed by atoms with Crippen molar-refractivity contribution in [3.05, 3.63) is 8.61 Å². The maximum Gasteiger partial charge on any atom is 0.345 e. The van der Waals surface area contributed by atoms with Crippen molar-refractivity contribution in [2.45, 2.75) is 39.0 Å². The van der Waals surface area contributed by atoms with Gasteiger partial charge in [0.25, 0.3) is 0 Å². The standard InChI is InChI=1S/C11H16ClIO2/c1-2-15-11(14)10(13)9(12)8-6-4-3-5-7-8/h8H,2-7H2,1H3/b10-9-. The van der Waals surface area contributed by atoms with Crippen molar-refractivity contribution in [1.82, 2.24) is 0 Å². The number of allylic oxidation sites excluding steroid dienone is 1. The number of halogens is 2. The number of carbonyl (C=O) groups excluding carboxylic acids is 1. The van der Waals surface area contributed by atoms with Crippen molar-refractivity contribution < 1.29 is 9.53 Å². The first-order chi connectivity index (χ1) is 7.16.